The maximum absolute atomic E-state index is 5.79. The summed E-state index contributed by atoms with van der Waals surface area (Å²) in [5, 5.41) is 5.66. The van der Waals surface area contributed by atoms with Gasteiger partial charge in [-0.25, -0.2) is 0 Å². The second kappa shape index (κ2) is 6.18. The van der Waals surface area contributed by atoms with E-state index < -0.39 is 0 Å². The molecule has 0 radical (unpaired) electrons. The Labute approximate surface area is 122 Å². The molecule has 0 aromatic carbocycles. The van der Waals surface area contributed by atoms with Crippen LogP contribution < -0.4 is 5.32 Å². The fraction of sp³-hybridized carbons (Fsp3) is 0.467. The molecule has 1 aliphatic carbocycles. The standard InChI is InChI=1S/C15H19NOS2/c1-11-12(9-17-10-14-3-2-6-18-14)7-15(19-11)8-16-13-4-5-13/h2-3,6-7,13,16H,4-5,8-10H2,1H3. The summed E-state index contributed by atoms with van der Waals surface area (Å²) >= 11 is 3.65. The highest BCUT2D eigenvalue weighted by Crippen LogP contribution is 2.25. The molecule has 0 atom stereocenters. The van der Waals surface area contributed by atoms with Crippen molar-refractivity contribution in [1.82, 2.24) is 5.32 Å². The zero-order valence-electron chi connectivity index (χ0n) is 11.1. The van der Waals surface area contributed by atoms with Crippen molar-refractivity contribution < 1.29 is 4.74 Å². The van der Waals surface area contributed by atoms with Crippen LogP contribution in [0.15, 0.2) is 23.6 Å². The Bertz CT molecular complexity index is 514. The van der Waals surface area contributed by atoms with Crippen molar-refractivity contribution in [3.8, 4) is 0 Å². The molecule has 0 bridgehead atoms. The van der Waals surface area contributed by atoms with Gasteiger partial charge < -0.3 is 10.1 Å². The molecular formula is C15H19NOS2. The van der Waals surface area contributed by atoms with Crippen LogP contribution in [-0.4, -0.2) is 6.04 Å². The third-order valence-electron chi connectivity index (χ3n) is 3.30. The lowest BCUT2D eigenvalue weighted by atomic mass is 10.2. The Kier molecular flexibility index (Phi) is 4.33. The van der Waals surface area contributed by atoms with Crippen molar-refractivity contribution in [3.63, 3.8) is 0 Å². The largest absolute Gasteiger partial charge is 0.371 e. The second-order valence-corrected chi connectivity index (χ2v) is 7.39. The number of rotatable bonds is 7. The zero-order chi connectivity index (χ0) is 13.1. The molecule has 2 aromatic heterocycles. The van der Waals surface area contributed by atoms with Crippen LogP contribution in [0.3, 0.4) is 0 Å². The summed E-state index contributed by atoms with van der Waals surface area (Å²) in [5.41, 5.74) is 1.34. The van der Waals surface area contributed by atoms with Crippen LogP contribution >= 0.6 is 22.7 Å². The Hall–Kier alpha value is -0.680. The van der Waals surface area contributed by atoms with E-state index in [1.165, 1.54) is 33.0 Å². The molecule has 2 aromatic rings. The summed E-state index contributed by atoms with van der Waals surface area (Å²) in [4.78, 5) is 4.11. The topological polar surface area (TPSA) is 21.3 Å². The molecule has 1 fully saturated rings. The van der Waals surface area contributed by atoms with Crippen LogP contribution in [0.2, 0.25) is 0 Å². The molecule has 0 amide bonds. The van der Waals surface area contributed by atoms with Crippen LogP contribution in [0.5, 0.6) is 0 Å². The van der Waals surface area contributed by atoms with Crippen LogP contribution in [0.1, 0.15) is 33.0 Å². The lowest BCUT2D eigenvalue weighted by Gasteiger charge is -2.01. The maximum Gasteiger partial charge on any atom is 0.0813 e. The minimum absolute atomic E-state index is 0.725. The average molecular weight is 293 g/mol. The van der Waals surface area contributed by atoms with E-state index in [0.717, 1.165) is 25.8 Å². The minimum Gasteiger partial charge on any atom is -0.371 e. The number of aryl methyl sites for hydroxylation is 1. The van der Waals surface area contributed by atoms with Crippen molar-refractivity contribution in [2.75, 3.05) is 0 Å². The van der Waals surface area contributed by atoms with Crippen LogP contribution in [0.25, 0.3) is 0 Å². The third-order valence-corrected chi connectivity index (χ3v) is 5.24. The number of hydrogen-bond donors (Lipinski definition) is 1. The van der Waals surface area contributed by atoms with Crippen LogP contribution in [-0.2, 0) is 24.5 Å². The molecule has 0 unspecified atom stereocenters. The van der Waals surface area contributed by atoms with Crippen molar-refractivity contribution >= 4 is 22.7 Å². The predicted octanol–water partition coefficient (Wildman–Crippen LogP) is 4.09. The quantitative estimate of drug-likeness (QED) is 0.830. The van der Waals surface area contributed by atoms with Gasteiger partial charge in [-0.1, -0.05) is 6.07 Å². The van der Waals surface area contributed by atoms with E-state index in [4.69, 9.17) is 4.74 Å². The summed E-state index contributed by atoms with van der Waals surface area (Å²) in [5.74, 6) is 0. The van der Waals surface area contributed by atoms with Crippen molar-refractivity contribution in [2.24, 2.45) is 0 Å². The lowest BCUT2D eigenvalue weighted by Crippen LogP contribution is -2.14. The first-order chi connectivity index (χ1) is 9.31. The molecular weight excluding hydrogens is 274 g/mol. The summed E-state index contributed by atoms with van der Waals surface area (Å²) in [6.45, 7) is 4.66. The van der Waals surface area contributed by atoms with Gasteiger partial charge in [0.25, 0.3) is 0 Å². The van der Waals surface area contributed by atoms with Gasteiger partial charge in [-0.2, -0.15) is 0 Å². The van der Waals surface area contributed by atoms with Crippen LogP contribution in [0, 0.1) is 6.92 Å². The first-order valence-electron chi connectivity index (χ1n) is 6.73. The van der Waals surface area contributed by atoms with E-state index in [9.17, 15) is 0 Å². The number of thiophene rings is 2. The van der Waals surface area contributed by atoms with E-state index in [1.54, 1.807) is 11.3 Å². The van der Waals surface area contributed by atoms with Crippen molar-refractivity contribution in [2.45, 2.75) is 45.6 Å². The molecule has 102 valence electrons. The minimum atomic E-state index is 0.725. The highest BCUT2D eigenvalue weighted by atomic mass is 32.1. The van der Waals surface area contributed by atoms with Gasteiger partial charge in [0.1, 0.15) is 0 Å². The van der Waals surface area contributed by atoms with Gasteiger partial charge in [0, 0.05) is 27.2 Å². The average Bonchev–Trinajstić information content (AvgIpc) is 2.96. The Balaban J connectivity index is 1.48. The van der Waals surface area contributed by atoms with Gasteiger partial charge in [-0.15, -0.1) is 22.7 Å². The van der Waals surface area contributed by atoms with Gasteiger partial charge in [-0.3, -0.25) is 0 Å². The smallest absolute Gasteiger partial charge is 0.0813 e. The molecule has 19 heavy (non-hydrogen) atoms. The second-order valence-electron chi connectivity index (χ2n) is 5.02. The molecule has 4 heteroatoms. The first kappa shape index (κ1) is 13.3. The number of nitrogens with one attached hydrogen (secondary N) is 1. The molecule has 0 aliphatic heterocycles. The van der Waals surface area contributed by atoms with Gasteiger partial charge in [0.2, 0.25) is 0 Å². The molecule has 3 rings (SSSR count). The number of ether oxygens (including phenoxy) is 1. The van der Waals surface area contributed by atoms with E-state index in [-0.39, 0.29) is 0 Å². The van der Waals surface area contributed by atoms with E-state index in [2.05, 4.69) is 35.8 Å². The van der Waals surface area contributed by atoms with Gasteiger partial charge in [-0.05, 0) is 42.8 Å². The van der Waals surface area contributed by atoms with Crippen molar-refractivity contribution in [1.29, 1.82) is 0 Å². The Morgan fingerprint density at radius 2 is 2.21 bits per heavy atom. The van der Waals surface area contributed by atoms with Gasteiger partial charge >= 0.3 is 0 Å². The molecule has 2 heterocycles. The summed E-state index contributed by atoms with van der Waals surface area (Å²) < 4.78 is 5.79. The molecule has 1 N–H and O–H groups in total. The van der Waals surface area contributed by atoms with Gasteiger partial charge in [0.15, 0.2) is 0 Å². The fourth-order valence-electron chi connectivity index (χ4n) is 2.01. The molecule has 0 spiro atoms. The molecule has 0 saturated heterocycles. The van der Waals surface area contributed by atoms with E-state index in [1.807, 2.05) is 11.3 Å². The molecule has 2 nitrogen and oxygen atoms in total. The van der Waals surface area contributed by atoms with Crippen molar-refractivity contribution in [3.05, 3.63) is 43.8 Å². The molecule has 1 aliphatic rings. The summed E-state index contributed by atoms with van der Waals surface area (Å²) in [6.07, 6.45) is 2.70. The monoisotopic (exact) mass is 293 g/mol. The first-order valence-corrected chi connectivity index (χ1v) is 8.42. The number of hydrogen-bond acceptors (Lipinski definition) is 4. The zero-order valence-corrected chi connectivity index (χ0v) is 12.8. The van der Waals surface area contributed by atoms with E-state index in [0.29, 0.717) is 0 Å². The molecule has 1 saturated carbocycles. The van der Waals surface area contributed by atoms with Crippen LogP contribution in [0.4, 0.5) is 0 Å². The highest BCUT2D eigenvalue weighted by molar-refractivity contribution is 7.12. The Morgan fingerprint density at radius 1 is 1.32 bits per heavy atom. The van der Waals surface area contributed by atoms with Gasteiger partial charge in [0.05, 0.1) is 13.2 Å². The SMILES string of the molecule is Cc1sc(CNC2CC2)cc1COCc1cccs1. The maximum atomic E-state index is 5.79. The lowest BCUT2D eigenvalue weighted by molar-refractivity contribution is 0.109. The Morgan fingerprint density at radius 3 is 2.95 bits per heavy atom. The highest BCUT2D eigenvalue weighted by Gasteiger charge is 2.20. The normalized spacial score (nSPS) is 15.0. The summed E-state index contributed by atoms with van der Waals surface area (Å²) in [6, 6.07) is 7.27. The predicted molar refractivity (Wildman–Crippen MR) is 81.7 cm³/mol. The fourth-order valence-corrected chi connectivity index (χ4v) is 3.65. The third kappa shape index (κ3) is 3.89. The van der Waals surface area contributed by atoms with E-state index >= 15 is 0 Å². The summed E-state index contributed by atoms with van der Waals surface area (Å²) in [7, 11) is 0.